The average molecular weight is 377 g/mol. The Balaban J connectivity index is 1.72. The van der Waals surface area contributed by atoms with Crippen LogP contribution in [0.5, 0.6) is 5.75 Å². The molecule has 0 atom stereocenters. The van der Waals surface area contributed by atoms with E-state index in [-0.39, 0.29) is 19.0 Å². The lowest BCUT2D eigenvalue weighted by Crippen LogP contribution is -2.10. The minimum absolute atomic E-state index is 0.0888. The smallest absolute Gasteiger partial charge is 0.338 e. The van der Waals surface area contributed by atoms with Crippen LogP contribution in [0.4, 0.5) is 0 Å². The molecule has 0 aliphatic carbocycles. The van der Waals surface area contributed by atoms with Crippen molar-refractivity contribution in [1.82, 2.24) is 4.98 Å². The molecule has 3 aromatic rings. The maximum Gasteiger partial charge on any atom is 0.338 e. The maximum absolute atomic E-state index is 12.2. The zero-order chi connectivity index (χ0) is 19.9. The summed E-state index contributed by atoms with van der Waals surface area (Å²) >= 11 is 0. The van der Waals surface area contributed by atoms with E-state index < -0.39 is 11.9 Å². The Hall–Kier alpha value is -3.67. The van der Waals surface area contributed by atoms with E-state index in [2.05, 4.69) is 4.98 Å². The Kier molecular flexibility index (Phi) is 6.01. The Bertz CT molecular complexity index is 971. The largest absolute Gasteiger partial charge is 0.506 e. The minimum atomic E-state index is -0.512. The van der Waals surface area contributed by atoms with Crippen molar-refractivity contribution in [2.75, 3.05) is 0 Å². The maximum atomic E-state index is 12.2. The number of pyridine rings is 1. The summed E-state index contributed by atoms with van der Waals surface area (Å²) in [7, 11) is 0. The molecule has 3 rings (SSSR count). The van der Waals surface area contributed by atoms with E-state index in [4.69, 9.17) is 9.47 Å². The van der Waals surface area contributed by atoms with Crippen LogP contribution in [0.1, 0.15) is 37.5 Å². The van der Waals surface area contributed by atoms with Crippen molar-refractivity contribution in [2.24, 2.45) is 0 Å². The van der Waals surface area contributed by atoms with Gasteiger partial charge in [0.25, 0.3) is 0 Å². The number of rotatable bonds is 6. The number of ether oxygens (including phenoxy) is 2. The third-order valence-corrected chi connectivity index (χ3v) is 4.16. The van der Waals surface area contributed by atoms with Crippen LogP contribution in [0.2, 0.25) is 0 Å². The second kappa shape index (κ2) is 8.81. The molecule has 0 amide bonds. The van der Waals surface area contributed by atoms with Crippen LogP contribution >= 0.6 is 0 Å². The van der Waals surface area contributed by atoms with Gasteiger partial charge in [0.05, 0.1) is 16.8 Å². The molecule has 0 aliphatic heterocycles. The molecule has 6 heteroatoms. The first-order valence-corrected chi connectivity index (χ1v) is 8.67. The zero-order valence-corrected chi connectivity index (χ0v) is 15.3. The van der Waals surface area contributed by atoms with E-state index in [9.17, 15) is 14.7 Å². The second-order valence-corrected chi connectivity index (χ2v) is 6.08. The number of carbonyl (C=O) groups excluding carboxylic acids is 2. The van der Waals surface area contributed by atoms with Crippen molar-refractivity contribution in [3.8, 4) is 5.75 Å². The highest BCUT2D eigenvalue weighted by Gasteiger charge is 2.17. The molecule has 1 aromatic heterocycles. The number of hydrogen-bond donors (Lipinski definition) is 1. The first kappa shape index (κ1) is 19.1. The van der Waals surface area contributed by atoms with Crippen LogP contribution in [0.15, 0.2) is 66.9 Å². The van der Waals surface area contributed by atoms with Gasteiger partial charge in [-0.2, -0.15) is 0 Å². The number of hydrogen-bond acceptors (Lipinski definition) is 6. The first-order valence-electron chi connectivity index (χ1n) is 8.67. The molecule has 0 aliphatic rings. The highest BCUT2D eigenvalue weighted by atomic mass is 16.5. The third kappa shape index (κ3) is 4.54. The monoisotopic (exact) mass is 377 g/mol. The van der Waals surface area contributed by atoms with E-state index >= 15 is 0 Å². The number of aromatic hydroxyl groups is 1. The summed E-state index contributed by atoms with van der Waals surface area (Å²) in [6, 6.07) is 17.1. The SMILES string of the molecule is Cc1ncc(COC(=O)c2ccccc2)c(COC(=O)c2ccccc2)c1O. The fourth-order valence-corrected chi connectivity index (χ4v) is 2.57. The van der Waals surface area contributed by atoms with Gasteiger partial charge in [0.15, 0.2) is 0 Å². The second-order valence-electron chi connectivity index (χ2n) is 6.08. The lowest BCUT2D eigenvalue weighted by atomic mass is 10.1. The molecule has 2 aromatic carbocycles. The summed E-state index contributed by atoms with van der Waals surface area (Å²) in [5.74, 6) is -1.09. The van der Waals surface area contributed by atoms with Crippen LogP contribution < -0.4 is 0 Å². The molecule has 0 unspecified atom stereocenters. The summed E-state index contributed by atoms with van der Waals surface area (Å²) in [5.41, 5.74) is 2.04. The van der Waals surface area contributed by atoms with E-state index in [1.165, 1.54) is 6.20 Å². The topological polar surface area (TPSA) is 85.7 Å². The van der Waals surface area contributed by atoms with Crippen molar-refractivity contribution in [2.45, 2.75) is 20.1 Å². The van der Waals surface area contributed by atoms with Crippen LogP contribution in [0.3, 0.4) is 0 Å². The summed E-state index contributed by atoms with van der Waals surface area (Å²) in [6.45, 7) is 1.37. The zero-order valence-electron chi connectivity index (χ0n) is 15.3. The fourth-order valence-electron chi connectivity index (χ4n) is 2.57. The number of esters is 2. The Morgan fingerprint density at radius 1 is 0.857 bits per heavy atom. The van der Waals surface area contributed by atoms with Gasteiger partial charge in [-0.15, -0.1) is 0 Å². The van der Waals surface area contributed by atoms with E-state index in [1.54, 1.807) is 67.6 Å². The van der Waals surface area contributed by atoms with Gasteiger partial charge in [-0.25, -0.2) is 9.59 Å². The molecule has 28 heavy (non-hydrogen) atoms. The predicted octanol–water partition coefficient (Wildman–Crippen LogP) is 3.81. The van der Waals surface area contributed by atoms with Crippen molar-refractivity contribution in [3.63, 3.8) is 0 Å². The minimum Gasteiger partial charge on any atom is -0.506 e. The normalized spacial score (nSPS) is 10.3. The highest BCUT2D eigenvalue weighted by molar-refractivity contribution is 5.89. The summed E-state index contributed by atoms with van der Waals surface area (Å²) in [6.07, 6.45) is 1.50. The number of carbonyl (C=O) groups is 2. The molecular formula is C22H19NO5. The van der Waals surface area contributed by atoms with Gasteiger partial charge < -0.3 is 14.6 Å². The van der Waals surface area contributed by atoms with Crippen LogP contribution in [-0.2, 0) is 22.7 Å². The molecule has 142 valence electrons. The molecule has 1 N–H and O–H groups in total. The summed E-state index contributed by atoms with van der Waals surface area (Å²) in [4.78, 5) is 28.4. The lowest BCUT2D eigenvalue weighted by Gasteiger charge is -2.14. The van der Waals surface area contributed by atoms with Crippen molar-refractivity contribution < 1.29 is 24.2 Å². The highest BCUT2D eigenvalue weighted by Crippen LogP contribution is 2.26. The van der Waals surface area contributed by atoms with E-state index in [0.717, 1.165) is 0 Å². The van der Waals surface area contributed by atoms with Crippen LogP contribution in [0, 0.1) is 6.92 Å². The van der Waals surface area contributed by atoms with Gasteiger partial charge in [-0.1, -0.05) is 36.4 Å². The molecule has 0 bridgehead atoms. The van der Waals surface area contributed by atoms with E-state index in [0.29, 0.717) is 27.9 Å². The molecule has 1 heterocycles. The Labute approximate surface area is 162 Å². The molecule has 6 nitrogen and oxygen atoms in total. The first-order chi connectivity index (χ1) is 13.6. The molecule has 0 fully saturated rings. The van der Waals surface area contributed by atoms with Gasteiger partial charge in [-0.05, 0) is 31.2 Å². The van der Waals surface area contributed by atoms with Crippen LogP contribution in [-0.4, -0.2) is 22.0 Å². The van der Waals surface area contributed by atoms with Gasteiger partial charge in [0, 0.05) is 17.3 Å². The number of aromatic nitrogens is 1. The van der Waals surface area contributed by atoms with Gasteiger partial charge in [-0.3, -0.25) is 4.98 Å². The summed E-state index contributed by atoms with van der Waals surface area (Å²) < 4.78 is 10.6. The molecule has 0 saturated carbocycles. The molecule has 0 saturated heterocycles. The number of nitrogens with zero attached hydrogens (tertiary/aromatic N) is 1. The third-order valence-electron chi connectivity index (χ3n) is 4.16. The average Bonchev–Trinajstić information content (AvgIpc) is 2.74. The molecular weight excluding hydrogens is 358 g/mol. The van der Waals surface area contributed by atoms with Crippen molar-refractivity contribution in [1.29, 1.82) is 0 Å². The number of benzene rings is 2. The quantitative estimate of drug-likeness (QED) is 0.658. The van der Waals surface area contributed by atoms with Crippen molar-refractivity contribution in [3.05, 3.63) is 94.8 Å². The summed E-state index contributed by atoms with van der Waals surface area (Å²) in [5, 5.41) is 10.3. The number of aryl methyl sites for hydroxylation is 1. The van der Waals surface area contributed by atoms with Gasteiger partial charge in [0.1, 0.15) is 19.0 Å². The fraction of sp³-hybridized carbons (Fsp3) is 0.136. The molecule has 0 radical (unpaired) electrons. The Morgan fingerprint density at radius 3 is 1.89 bits per heavy atom. The standard InChI is InChI=1S/C22H19NO5/c1-15-20(24)19(14-28-22(26)17-10-6-3-7-11-17)18(12-23-15)13-27-21(25)16-8-4-2-5-9-16/h2-12,24H,13-14H2,1H3. The van der Waals surface area contributed by atoms with Gasteiger partial charge in [0.2, 0.25) is 0 Å². The molecule has 0 spiro atoms. The van der Waals surface area contributed by atoms with Gasteiger partial charge >= 0.3 is 11.9 Å². The van der Waals surface area contributed by atoms with E-state index in [1.807, 2.05) is 0 Å². The Morgan fingerprint density at radius 2 is 1.36 bits per heavy atom. The van der Waals surface area contributed by atoms with Crippen molar-refractivity contribution >= 4 is 11.9 Å². The van der Waals surface area contributed by atoms with Crippen LogP contribution in [0.25, 0.3) is 0 Å². The lowest BCUT2D eigenvalue weighted by molar-refractivity contribution is 0.0432. The predicted molar refractivity (Wildman–Crippen MR) is 102 cm³/mol.